The number of amides is 1. The van der Waals surface area contributed by atoms with Crippen molar-refractivity contribution in [3.05, 3.63) is 0 Å². The average Bonchev–Trinajstić information content (AvgIpc) is 2.98. The van der Waals surface area contributed by atoms with Crippen molar-refractivity contribution < 1.29 is 9.90 Å². The van der Waals surface area contributed by atoms with Crippen LogP contribution >= 0.6 is 0 Å². The number of aliphatic hydroxyl groups is 1. The molecule has 1 atom stereocenters. The van der Waals surface area contributed by atoms with E-state index < -0.39 is 5.92 Å². The molecule has 4 nitrogen and oxygen atoms in total. The molecular weight excluding hydrogens is 192 g/mol. The Morgan fingerprint density at radius 1 is 1.67 bits per heavy atom. The average molecular weight is 210 g/mol. The molecule has 0 aromatic heterocycles. The van der Waals surface area contributed by atoms with Crippen LogP contribution in [0.5, 0.6) is 0 Å². The summed E-state index contributed by atoms with van der Waals surface area (Å²) in [6.45, 7) is 2.60. The van der Waals surface area contributed by atoms with E-state index in [9.17, 15) is 4.79 Å². The van der Waals surface area contributed by atoms with Gasteiger partial charge in [0.25, 0.3) is 0 Å². The Labute approximate surface area is 90.3 Å². The van der Waals surface area contributed by atoms with Crippen LogP contribution in [0.15, 0.2) is 0 Å². The molecule has 4 heteroatoms. The van der Waals surface area contributed by atoms with Crippen molar-refractivity contribution in [1.29, 1.82) is 5.26 Å². The van der Waals surface area contributed by atoms with E-state index in [1.54, 1.807) is 0 Å². The highest BCUT2D eigenvalue weighted by atomic mass is 16.3. The fourth-order valence-corrected chi connectivity index (χ4v) is 1.66. The summed E-state index contributed by atoms with van der Waals surface area (Å²) in [5, 5.41) is 20.3. The molecule has 1 aliphatic rings. The fourth-order valence-electron chi connectivity index (χ4n) is 1.66. The molecule has 1 aliphatic carbocycles. The van der Waals surface area contributed by atoms with E-state index in [4.69, 9.17) is 10.4 Å². The molecule has 1 unspecified atom stereocenters. The Morgan fingerprint density at radius 2 is 2.33 bits per heavy atom. The van der Waals surface area contributed by atoms with E-state index in [1.807, 2.05) is 13.0 Å². The maximum absolute atomic E-state index is 11.5. The number of hydrogen-bond donors (Lipinski definition) is 2. The third kappa shape index (κ3) is 3.21. The lowest BCUT2D eigenvalue weighted by molar-refractivity contribution is -0.123. The smallest absolute Gasteiger partial charge is 0.237 e. The van der Waals surface area contributed by atoms with Gasteiger partial charge in [-0.3, -0.25) is 4.79 Å². The van der Waals surface area contributed by atoms with Crippen LogP contribution in [0.2, 0.25) is 0 Å². The first kappa shape index (κ1) is 12.0. The maximum Gasteiger partial charge on any atom is 0.237 e. The Balaban J connectivity index is 2.31. The number of nitrogens with zero attached hydrogens (tertiary/aromatic N) is 1. The molecule has 1 fully saturated rings. The number of rotatable bonds is 6. The van der Waals surface area contributed by atoms with Crippen LogP contribution in [0.25, 0.3) is 0 Å². The SMILES string of the molecule is CCC(C#N)C(=O)NCC1(CCO)CC1. The lowest BCUT2D eigenvalue weighted by Crippen LogP contribution is -2.34. The van der Waals surface area contributed by atoms with Crippen molar-refractivity contribution in [2.24, 2.45) is 11.3 Å². The number of carbonyl (C=O) groups is 1. The van der Waals surface area contributed by atoms with Gasteiger partial charge >= 0.3 is 0 Å². The molecule has 0 aromatic rings. The molecule has 0 heterocycles. The Bertz CT molecular complexity index is 266. The number of nitriles is 1. The van der Waals surface area contributed by atoms with Crippen LogP contribution in [0.3, 0.4) is 0 Å². The topological polar surface area (TPSA) is 73.1 Å². The van der Waals surface area contributed by atoms with Crippen LogP contribution < -0.4 is 5.32 Å². The van der Waals surface area contributed by atoms with Crippen LogP contribution in [0.4, 0.5) is 0 Å². The van der Waals surface area contributed by atoms with Crippen molar-refractivity contribution >= 4 is 5.91 Å². The molecule has 0 spiro atoms. The minimum atomic E-state index is -0.532. The van der Waals surface area contributed by atoms with Gasteiger partial charge < -0.3 is 10.4 Å². The normalized spacial score (nSPS) is 19.0. The summed E-state index contributed by atoms with van der Waals surface area (Å²) in [5.41, 5.74) is 0.123. The molecule has 1 saturated carbocycles. The number of hydrogen-bond acceptors (Lipinski definition) is 3. The minimum Gasteiger partial charge on any atom is -0.396 e. The highest BCUT2D eigenvalue weighted by molar-refractivity contribution is 5.81. The molecule has 0 bridgehead atoms. The Morgan fingerprint density at radius 3 is 2.73 bits per heavy atom. The van der Waals surface area contributed by atoms with Crippen molar-refractivity contribution in [1.82, 2.24) is 5.32 Å². The molecule has 0 saturated heterocycles. The number of carbonyl (C=O) groups excluding carboxylic acids is 1. The second-order valence-corrected chi connectivity index (χ2v) is 4.28. The molecule has 1 amide bonds. The molecule has 1 rings (SSSR count). The maximum atomic E-state index is 11.5. The van der Waals surface area contributed by atoms with Crippen molar-refractivity contribution in [3.63, 3.8) is 0 Å². The first-order valence-electron chi connectivity index (χ1n) is 5.45. The summed E-state index contributed by atoms with van der Waals surface area (Å²) in [4.78, 5) is 11.5. The highest BCUT2D eigenvalue weighted by Crippen LogP contribution is 2.47. The predicted molar refractivity (Wildman–Crippen MR) is 55.8 cm³/mol. The molecule has 2 N–H and O–H groups in total. The zero-order chi connectivity index (χ0) is 11.3. The Kier molecular flexibility index (Phi) is 4.10. The van der Waals surface area contributed by atoms with Gasteiger partial charge in [-0.1, -0.05) is 6.92 Å². The summed E-state index contributed by atoms with van der Waals surface area (Å²) >= 11 is 0. The first-order chi connectivity index (χ1) is 7.17. The lowest BCUT2D eigenvalue weighted by Gasteiger charge is -2.15. The van der Waals surface area contributed by atoms with Gasteiger partial charge in [0, 0.05) is 13.2 Å². The monoisotopic (exact) mass is 210 g/mol. The van der Waals surface area contributed by atoms with Gasteiger partial charge in [-0.15, -0.1) is 0 Å². The predicted octanol–water partition coefficient (Wildman–Crippen LogP) is 0.815. The van der Waals surface area contributed by atoms with E-state index in [0.717, 1.165) is 19.3 Å². The third-order valence-electron chi connectivity index (χ3n) is 3.12. The van der Waals surface area contributed by atoms with Gasteiger partial charge in [0.1, 0.15) is 5.92 Å². The van der Waals surface area contributed by atoms with Gasteiger partial charge in [0.2, 0.25) is 5.91 Å². The summed E-state index contributed by atoms with van der Waals surface area (Å²) in [7, 11) is 0. The molecule has 0 radical (unpaired) electrons. The molecule has 84 valence electrons. The first-order valence-corrected chi connectivity index (χ1v) is 5.45. The quantitative estimate of drug-likeness (QED) is 0.681. The summed E-state index contributed by atoms with van der Waals surface area (Å²) in [6.07, 6.45) is 3.43. The van der Waals surface area contributed by atoms with Crippen molar-refractivity contribution in [3.8, 4) is 6.07 Å². The second kappa shape index (κ2) is 5.13. The van der Waals surface area contributed by atoms with E-state index in [0.29, 0.717) is 13.0 Å². The van der Waals surface area contributed by atoms with Gasteiger partial charge in [0.05, 0.1) is 6.07 Å². The summed E-state index contributed by atoms with van der Waals surface area (Å²) in [6, 6.07) is 1.98. The van der Waals surface area contributed by atoms with E-state index in [-0.39, 0.29) is 17.9 Å². The molecule has 15 heavy (non-hydrogen) atoms. The van der Waals surface area contributed by atoms with E-state index >= 15 is 0 Å². The van der Waals surface area contributed by atoms with Crippen molar-refractivity contribution in [2.75, 3.05) is 13.2 Å². The summed E-state index contributed by atoms with van der Waals surface area (Å²) in [5.74, 6) is -0.709. The van der Waals surface area contributed by atoms with Crippen LogP contribution in [0, 0.1) is 22.7 Å². The standard InChI is InChI=1S/C11H18N2O2/c1-2-9(7-12)10(15)13-8-11(3-4-11)5-6-14/h9,14H,2-6,8H2,1H3,(H,13,15). The van der Waals surface area contributed by atoms with Gasteiger partial charge in [-0.05, 0) is 31.1 Å². The van der Waals surface area contributed by atoms with Crippen LogP contribution in [0.1, 0.15) is 32.6 Å². The zero-order valence-corrected chi connectivity index (χ0v) is 9.12. The molecule has 0 aliphatic heterocycles. The van der Waals surface area contributed by atoms with Gasteiger partial charge in [-0.2, -0.15) is 5.26 Å². The van der Waals surface area contributed by atoms with E-state index in [1.165, 1.54) is 0 Å². The number of nitrogens with one attached hydrogen (secondary N) is 1. The summed E-state index contributed by atoms with van der Waals surface area (Å²) < 4.78 is 0. The fraction of sp³-hybridized carbons (Fsp3) is 0.818. The third-order valence-corrected chi connectivity index (χ3v) is 3.12. The lowest BCUT2D eigenvalue weighted by atomic mass is 10.0. The van der Waals surface area contributed by atoms with Gasteiger partial charge in [0.15, 0.2) is 0 Å². The Hall–Kier alpha value is -1.08. The largest absolute Gasteiger partial charge is 0.396 e. The number of aliphatic hydroxyl groups excluding tert-OH is 1. The zero-order valence-electron chi connectivity index (χ0n) is 9.12. The second-order valence-electron chi connectivity index (χ2n) is 4.28. The van der Waals surface area contributed by atoms with Crippen LogP contribution in [-0.4, -0.2) is 24.2 Å². The minimum absolute atomic E-state index is 0.123. The highest BCUT2D eigenvalue weighted by Gasteiger charge is 2.42. The van der Waals surface area contributed by atoms with Gasteiger partial charge in [-0.25, -0.2) is 0 Å². The molecular formula is C11H18N2O2. The van der Waals surface area contributed by atoms with Crippen molar-refractivity contribution in [2.45, 2.75) is 32.6 Å². The van der Waals surface area contributed by atoms with Crippen LogP contribution in [-0.2, 0) is 4.79 Å². The molecule has 0 aromatic carbocycles. The van der Waals surface area contributed by atoms with E-state index in [2.05, 4.69) is 5.32 Å².